The Labute approximate surface area is 174 Å². The number of rotatable bonds is 7. The molecule has 2 amide bonds. The first-order valence-electron chi connectivity index (χ1n) is 10.8. The molecule has 160 valence electrons. The van der Waals surface area contributed by atoms with Crippen molar-refractivity contribution < 1.29 is 14.3 Å². The Balaban J connectivity index is 1.51. The Bertz CT molecular complexity index is 712. The molecule has 0 radical (unpaired) electrons. The molecule has 7 heteroatoms. The fourth-order valence-corrected chi connectivity index (χ4v) is 4.21. The maximum atomic E-state index is 13.0. The van der Waals surface area contributed by atoms with Crippen LogP contribution in [0, 0.1) is 0 Å². The van der Waals surface area contributed by atoms with Crippen molar-refractivity contribution in [2.45, 2.75) is 26.7 Å². The fourth-order valence-electron chi connectivity index (χ4n) is 4.21. The summed E-state index contributed by atoms with van der Waals surface area (Å²) in [5.41, 5.74) is 2.20. The van der Waals surface area contributed by atoms with Gasteiger partial charge in [-0.25, -0.2) is 0 Å². The molecule has 2 aliphatic rings. The second-order valence-corrected chi connectivity index (χ2v) is 7.76. The van der Waals surface area contributed by atoms with E-state index in [-0.39, 0.29) is 11.8 Å². The highest BCUT2D eigenvalue weighted by atomic mass is 16.5. The SMILES string of the molecule is CCN(CC)C(=O)CN1CCN(CC(=O)N2CCCc3cc(OC)ccc32)CC1. The molecule has 0 N–H and O–H groups in total. The zero-order chi connectivity index (χ0) is 20.8. The quantitative estimate of drug-likeness (QED) is 0.691. The van der Waals surface area contributed by atoms with Gasteiger partial charge in [-0.3, -0.25) is 19.4 Å². The zero-order valence-corrected chi connectivity index (χ0v) is 18.0. The Morgan fingerprint density at radius 3 is 2.28 bits per heavy atom. The number of ether oxygens (including phenoxy) is 1. The maximum Gasteiger partial charge on any atom is 0.241 e. The minimum atomic E-state index is 0.156. The fraction of sp³-hybridized carbons (Fsp3) is 0.636. The van der Waals surface area contributed by atoms with Crippen LogP contribution in [-0.4, -0.2) is 92.5 Å². The number of methoxy groups -OCH3 is 1. The molecule has 1 aromatic rings. The lowest BCUT2D eigenvalue weighted by Gasteiger charge is -2.36. The van der Waals surface area contributed by atoms with Crippen molar-refractivity contribution in [3.63, 3.8) is 0 Å². The Kier molecular flexibility index (Phi) is 7.50. The second-order valence-electron chi connectivity index (χ2n) is 7.76. The highest BCUT2D eigenvalue weighted by molar-refractivity contribution is 5.96. The first kappa shape index (κ1) is 21.6. The predicted octanol–water partition coefficient (Wildman–Crippen LogP) is 1.46. The van der Waals surface area contributed by atoms with Gasteiger partial charge in [0, 0.05) is 51.5 Å². The molecule has 1 saturated heterocycles. The number of likely N-dealkylation sites (N-methyl/N-ethyl adjacent to an activating group) is 1. The number of piperazine rings is 1. The lowest BCUT2D eigenvalue weighted by atomic mass is 10.0. The van der Waals surface area contributed by atoms with E-state index < -0.39 is 0 Å². The summed E-state index contributed by atoms with van der Waals surface area (Å²) in [6, 6.07) is 5.97. The summed E-state index contributed by atoms with van der Waals surface area (Å²) in [7, 11) is 1.67. The summed E-state index contributed by atoms with van der Waals surface area (Å²) < 4.78 is 5.32. The first-order valence-corrected chi connectivity index (χ1v) is 10.8. The molecule has 3 rings (SSSR count). The average Bonchev–Trinajstić information content (AvgIpc) is 2.75. The van der Waals surface area contributed by atoms with E-state index in [9.17, 15) is 9.59 Å². The monoisotopic (exact) mass is 402 g/mol. The van der Waals surface area contributed by atoms with Crippen LogP contribution in [0.25, 0.3) is 0 Å². The van der Waals surface area contributed by atoms with Gasteiger partial charge in [0.15, 0.2) is 0 Å². The zero-order valence-electron chi connectivity index (χ0n) is 18.0. The molecule has 0 aliphatic carbocycles. The number of benzene rings is 1. The molecule has 0 unspecified atom stereocenters. The molecule has 7 nitrogen and oxygen atoms in total. The number of hydrogen-bond donors (Lipinski definition) is 0. The molecule has 1 aromatic carbocycles. The highest BCUT2D eigenvalue weighted by Crippen LogP contribution is 2.30. The number of hydrogen-bond acceptors (Lipinski definition) is 5. The number of nitrogens with zero attached hydrogens (tertiary/aromatic N) is 4. The normalized spacial score (nSPS) is 17.7. The van der Waals surface area contributed by atoms with Crippen molar-refractivity contribution in [2.75, 3.05) is 70.9 Å². The van der Waals surface area contributed by atoms with Crippen LogP contribution in [0.3, 0.4) is 0 Å². The van der Waals surface area contributed by atoms with E-state index in [0.29, 0.717) is 13.1 Å². The molecule has 0 bridgehead atoms. The maximum absolute atomic E-state index is 13.0. The Morgan fingerprint density at radius 2 is 1.66 bits per heavy atom. The number of carbonyl (C=O) groups excluding carboxylic acids is 2. The molecule has 2 aliphatic heterocycles. The molecule has 0 atom stereocenters. The van der Waals surface area contributed by atoms with E-state index in [0.717, 1.165) is 70.1 Å². The van der Waals surface area contributed by atoms with Gasteiger partial charge in [-0.15, -0.1) is 0 Å². The molecule has 0 spiro atoms. The van der Waals surface area contributed by atoms with E-state index in [1.165, 1.54) is 5.56 Å². The van der Waals surface area contributed by atoms with E-state index in [1.54, 1.807) is 7.11 Å². The van der Waals surface area contributed by atoms with Crippen molar-refractivity contribution in [1.82, 2.24) is 14.7 Å². The molecular formula is C22H34N4O3. The smallest absolute Gasteiger partial charge is 0.241 e. The summed E-state index contributed by atoms with van der Waals surface area (Å²) in [6.45, 7) is 10.5. The third-order valence-corrected chi connectivity index (χ3v) is 6.01. The van der Waals surface area contributed by atoms with Crippen LogP contribution in [-0.2, 0) is 16.0 Å². The Morgan fingerprint density at radius 1 is 1.00 bits per heavy atom. The van der Waals surface area contributed by atoms with Gasteiger partial charge in [0.25, 0.3) is 0 Å². The van der Waals surface area contributed by atoms with Crippen LogP contribution in [0.1, 0.15) is 25.8 Å². The lowest BCUT2D eigenvalue weighted by Crippen LogP contribution is -2.52. The highest BCUT2D eigenvalue weighted by Gasteiger charge is 2.27. The third-order valence-electron chi connectivity index (χ3n) is 6.01. The van der Waals surface area contributed by atoms with Crippen LogP contribution in [0.4, 0.5) is 5.69 Å². The van der Waals surface area contributed by atoms with Gasteiger partial charge in [0.05, 0.1) is 20.2 Å². The molecular weight excluding hydrogens is 368 g/mol. The van der Waals surface area contributed by atoms with Crippen LogP contribution >= 0.6 is 0 Å². The van der Waals surface area contributed by atoms with Crippen molar-refractivity contribution in [2.24, 2.45) is 0 Å². The van der Waals surface area contributed by atoms with Crippen LogP contribution in [0.2, 0.25) is 0 Å². The van der Waals surface area contributed by atoms with Crippen LogP contribution in [0.15, 0.2) is 18.2 Å². The van der Waals surface area contributed by atoms with Crippen molar-refractivity contribution >= 4 is 17.5 Å². The number of carbonyl (C=O) groups is 2. The number of anilines is 1. The minimum Gasteiger partial charge on any atom is -0.497 e. The number of aryl methyl sites for hydroxylation is 1. The van der Waals surface area contributed by atoms with Crippen molar-refractivity contribution in [3.05, 3.63) is 23.8 Å². The van der Waals surface area contributed by atoms with Gasteiger partial charge in [0.1, 0.15) is 5.75 Å². The summed E-state index contributed by atoms with van der Waals surface area (Å²) in [5, 5.41) is 0. The second kappa shape index (κ2) is 10.1. The van der Waals surface area contributed by atoms with E-state index in [2.05, 4.69) is 9.80 Å². The number of fused-ring (bicyclic) bond motifs is 1. The topological polar surface area (TPSA) is 56.3 Å². The van der Waals surface area contributed by atoms with Gasteiger partial charge in [-0.2, -0.15) is 0 Å². The van der Waals surface area contributed by atoms with Crippen LogP contribution in [0.5, 0.6) is 5.75 Å². The van der Waals surface area contributed by atoms with E-state index >= 15 is 0 Å². The van der Waals surface area contributed by atoms with Crippen LogP contribution < -0.4 is 9.64 Å². The largest absolute Gasteiger partial charge is 0.497 e. The first-order chi connectivity index (χ1) is 14.0. The molecule has 29 heavy (non-hydrogen) atoms. The molecule has 0 saturated carbocycles. The Hall–Kier alpha value is -2.12. The molecule has 2 heterocycles. The van der Waals surface area contributed by atoms with E-state index in [4.69, 9.17) is 4.74 Å². The van der Waals surface area contributed by atoms with Gasteiger partial charge in [-0.05, 0) is 50.5 Å². The van der Waals surface area contributed by atoms with Gasteiger partial charge >= 0.3 is 0 Å². The predicted molar refractivity (Wildman–Crippen MR) is 114 cm³/mol. The number of amides is 2. The van der Waals surface area contributed by atoms with Gasteiger partial charge in [-0.1, -0.05) is 0 Å². The summed E-state index contributed by atoms with van der Waals surface area (Å²) in [6.07, 6.45) is 1.96. The van der Waals surface area contributed by atoms with E-state index in [1.807, 2.05) is 41.8 Å². The van der Waals surface area contributed by atoms with Gasteiger partial charge in [0.2, 0.25) is 11.8 Å². The van der Waals surface area contributed by atoms with Crippen molar-refractivity contribution in [3.8, 4) is 5.75 Å². The molecule has 1 fully saturated rings. The van der Waals surface area contributed by atoms with Gasteiger partial charge < -0.3 is 14.5 Å². The lowest BCUT2D eigenvalue weighted by molar-refractivity contribution is -0.132. The average molecular weight is 403 g/mol. The minimum absolute atomic E-state index is 0.156. The third kappa shape index (κ3) is 5.28. The molecule has 0 aromatic heterocycles. The summed E-state index contributed by atoms with van der Waals surface area (Å²) >= 11 is 0. The summed E-state index contributed by atoms with van der Waals surface area (Å²) in [5.74, 6) is 1.19. The summed E-state index contributed by atoms with van der Waals surface area (Å²) in [4.78, 5) is 33.5. The van der Waals surface area contributed by atoms with Crippen molar-refractivity contribution in [1.29, 1.82) is 0 Å². The standard InChI is InChI=1S/C22H34N4O3/c1-4-25(5-2)21(27)16-23-11-13-24(14-12-23)17-22(28)26-10-6-7-18-15-19(29-3)8-9-20(18)26/h8-9,15H,4-7,10-14,16-17H2,1-3H3.